The second-order valence-electron chi connectivity index (χ2n) is 6.25. The zero-order valence-corrected chi connectivity index (χ0v) is 17.1. The van der Waals surface area contributed by atoms with E-state index in [0.717, 1.165) is 17.5 Å². The summed E-state index contributed by atoms with van der Waals surface area (Å²) in [5, 5.41) is 3.70. The molecule has 5 nitrogen and oxygen atoms in total. The van der Waals surface area contributed by atoms with Crippen LogP contribution in [0, 0.1) is 6.92 Å². The van der Waals surface area contributed by atoms with Crippen molar-refractivity contribution in [1.82, 2.24) is 5.32 Å². The highest BCUT2D eigenvalue weighted by atomic mass is 35.5. The highest BCUT2D eigenvalue weighted by molar-refractivity contribution is 6.31. The zero-order valence-electron chi connectivity index (χ0n) is 16.3. The number of benzene rings is 2. The summed E-state index contributed by atoms with van der Waals surface area (Å²) < 4.78 is 16.4. The van der Waals surface area contributed by atoms with Gasteiger partial charge >= 0.3 is 0 Å². The minimum Gasteiger partial charge on any atom is -0.493 e. The molecule has 0 aromatic heterocycles. The van der Waals surface area contributed by atoms with Crippen molar-refractivity contribution in [2.75, 3.05) is 14.2 Å². The number of amides is 1. The molecule has 6 heteroatoms. The van der Waals surface area contributed by atoms with Gasteiger partial charge in [-0.05, 0) is 61.7 Å². The third-order valence-corrected chi connectivity index (χ3v) is 4.77. The van der Waals surface area contributed by atoms with Crippen LogP contribution in [0.25, 0.3) is 0 Å². The summed E-state index contributed by atoms with van der Waals surface area (Å²) in [6, 6.07) is 10.8. The van der Waals surface area contributed by atoms with Gasteiger partial charge in [0, 0.05) is 5.02 Å². The molecule has 0 fully saturated rings. The van der Waals surface area contributed by atoms with Crippen LogP contribution in [0.1, 0.15) is 37.4 Å². The lowest BCUT2D eigenvalue weighted by Gasteiger charge is -2.22. The molecule has 2 aromatic carbocycles. The first-order chi connectivity index (χ1) is 12.9. The van der Waals surface area contributed by atoms with Crippen LogP contribution in [0.2, 0.25) is 5.02 Å². The van der Waals surface area contributed by atoms with E-state index in [1.807, 2.05) is 38.1 Å². The van der Waals surface area contributed by atoms with Crippen molar-refractivity contribution in [3.05, 3.63) is 52.5 Å². The molecule has 2 rings (SSSR count). The van der Waals surface area contributed by atoms with Gasteiger partial charge < -0.3 is 19.5 Å². The molecule has 0 aliphatic heterocycles. The number of ether oxygens (including phenoxy) is 3. The van der Waals surface area contributed by atoms with E-state index in [2.05, 4.69) is 5.32 Å². The first-order valence-corrected chi connectivity index (χ1v) is 9.22. The van der Waals surface area contributed by atoms with Gasteiger partial charge in [-0.3, -0.25) is 4.79 Å². The van der Waals surface area contributed by atoms with E-state index in [1.165, 1.54) is 0 Å². The molecule has 0 unspecified atom stereocenters. The van der Waals surface area contributed by atoms with E-state index in [0.29, 0.717) is 22.3 Å². The van der Waals surface area contributed by atoms with Crippen LogP contribution in [0.3, 0.4) is 0 Å². The van der Waals surface area contributed by atoms with Crippen molar-refractivity contribution < 1.29 is 19.0 Å². The Balaban J connectivity index is 2.08. The van der Waals surface area contributed by atoms with E-state index >= 15 is 0 Å². The molecule has 0 aliphatic rings. The van der Waals surface area contributed by atoms with Gasteiger partial charge in [0.2, 0.25) is 0 Å². The van der Waals surface area contributed by atoms with E-state index in [-0.39, 0.29) is 11.9 Å². The second kappa shape index (κ2) is 9.51. The van der Waals surface area contributed by atoms with Crippen molar-refractivity contribution in [3.63, 3.8) is 0 Å². The topological polar surface area (TPSA) is 56.8 Å². The highest BCUT2D eigenvalue weighted by Crippen LogP contribution is 2.31. The van der Waals surface area contributed by atoms with Gasteiger partial charge in [0.15, 0.2) is 17.6 Å². The standard InChI is InChI=1S/C21H26ClNO4/c1-6-18(15-7-10-19(25-4)20(12-15)26-5)23-21(24)14(3)27-16-8-9-17(22)13(2)11-16/h7-12,14,18H,6H2,1-5H3,(H,23,24)/t14-,18+/m0/s1. The molecule has 0 heterocycles. The Bertz CT molecular complexity index is 794. The van der Waals surface area contributed by atoms with Gasteiger partial charge in [-0.25, -0.2) is 0 Å². The Morgan fingerprint density at radius 1 is 1.11 bits per heavy atom. The van der Waals surface area contributed by atoms with Gasteiger partial charge in [0.25, 0.3) is 5.91 Å². The molecule has 0 radical (unpaired) electrons. The number of methoxy groups -OCH3 is 2. The Morgan fingerprint density at radius 3 is 2.41 bits per heavy atom. The monoisotopic (exact) mass is 391 g/mol. The summed E-state index contributed by atoms with van der Waals surface area (Å²) in [5.74, 6) is 1.70. The number of carbonyl (C=O) groups excluding carboxylic acids is 1. The third-order valence-electron chi connectivity index (χ3n) is 4.35. The van der Waals surface area contributed by atoms with Crippen LogP contribution < -0.4 is 19.5 Å². The Labute approximate surface area is 165 Å². The van der Waals surface area contributed by atoms with Gasteiger partial charge in [0.05, 0.1) is 20.3 Å². The summed E-state index contributed by atoms with van der Waals surface area (Å²) in [5.41, 5.74) is 1.84. The largest absolute Gasteiger partial charge is 0.493 e. The van der Waals surface area contributed by atoms with E-state index in [4.69, 9.17) is 25.8 Å². The molecular formula is C21H26ClNO4. The molecular weight excluding hydrogens is 366 g/mol. The number of halogens is 1. The molecule has 0 aliphatic carbocycles. The van der Waals surface area contributed by atoms with Crippen LogP contribution in [-0.2, 0) is 4.79 Å². The minimum absolute atomic E-state index is 0.157. The van der Waals surface area contributed by atoms with E-state index in [1.54, 1.807) is 33.3 Å². The Kier molecular flexibility index (Phi) is 7.36. The number of nitrogens with one attached hydrogen (secondary N) is 1. The first kappa shape index (κ1) is 20.9. The van der Waals surface area contributed by atoms with Gasteiger partial charge in [-0.1, -0.05) is 24.6 Å². The Hall–Kier alpha value is -2.40. The maximum Gasteiger partial charge on any atom is 0.261 e. The van der Waals surface area contributed by atoms with Crippen molar-refractivity contribution in [1.29, 1.82) is 0 Å². The summed E-state index contributed by atoms with van der Waals surface area (Å²) in [6.07, 6.45) is 0.0911. The number of aryl methyl sites for hydroxylation is 1. The van der Waals surface area contributed by atoms with Crippen molar-refractivity contribution in [2.24, 2.45) is 0 Å². The molecule has 0 spiro atoms. The normalized spacial score (nSPS) is 12.8. The van der Waals surface area contributed by atoms with Crippen LogP contribution in [-0.4, -0.2) is 26.2 Å². The van der Waals surface area contributed by atoms with Crippen LogP contribution in [0.4, 0.5) is 0 Å². The average molecular weight is 392 g/mol. The molecule has 2 atom stereocenters. The number of rotatable bonds is 8. The van der Waals surface area contributed by atoms with E-state index in [9.17, 15) is 4.79 Å². The lowest BCUT2D eigenvalue weighted by Crippen LogP contribution is -2.38. The van der Waals surface area contributed by atoms with E-state index < -0.39 is 6.10 Å². The van der Waals surface area contributed by atoms with Crippen molar-refractivity contribution >= 4 is 17.5 Å². The van der Waals surface area contributed by atoms with Gasteiger partial charge in [0.1, 0.15) is 5.75 Å². The smallest absolute Gasteiger partial charge is 0.261 e. The molecule has 2 aromatic rings. The van der Waals surface area contributed by atoms with Crippen LogP contribution in [0.5, 0.6) is 17.2 Å². The fourth-order valence-electron chi connectivity index (χ4n) is 2.73. The van der Waals surface area contributed by atoms with Crippen molar-refractivity contribution in [2.45, 2.75) is 39.3 Å². The molecule has 146 valence electrons. The molecule has 27 heavy (non-hydrogen) atoms. The quantitative estimate of drug-likeness (QED) is 0.708. The maximum absolute atomic E-state index is 12.6. The maximum atomic E-state index is 12.6. The first-order valence-electron chi connectivity index (χ1n) is 8.84. The fraction of sp³-hybridized carbons (Fsp3) is 0.381. The molecule has 0 saturated carbocycles. The summed E-state index contributed by atoms with van der Waals surface area (Å²) in [4.78, 5) is 12.6. The molecule has 1 amide bonds. The second-order valence-corrected chi connectivity index (χ2v) is 6.66. The number of hydrogen-bond donors (Lipinski definition) is 1. The van der Waals surface area contributed by atoms with Crippen LogP contribution in [0.15, 0.2) is 36.4 Å². The van der Waals surface area contributed by atoms with Crippen molar-refractivity contribution in [3.8, 4) is 17.2 Å². The average Bonchev–Trinajstić information content (AvgIpc) is 2.68. The highest BCUT2D eigenvalue weighted by Gasteiger charge is 2.20. The predicted molar refractivity (Wildman–Crippen MR) is 107 cm³/mol. The zero-order chi connectivity index (χ0) is 20.0. The number of carbonyl (C=O) groups is 1. The molecule has 0 saturated heterocycles. The SMILES string of the molecule is CC[C@@H](NC(=O)[C@H](C)Oc1ccc(Cl)c(C)c1)c1ccc(OC)c(OC)c1. The lowest BCUT2D eigenvalue weighted by atomic mass is 10.0. The van der Waals surface area contributed by atoms with Crippen LogP contribution >= 0.6 is 11.6 Å². The molecule has 1 N–H and O–H groups in total. The summed E-state index contributed by atoms with van der Waals surface area (Å²) >= 11 is 6.03. The lowest BCUT2D eigenvalue weighted by molar-refractivity contribution is -0.128. The summed E-state index contributed by atoms with van der Waals surface area (Å²) in [6.45, 7) is 5.63. The third kappa shape index (κ3) is 5.30. The Morgan fingerprint density at radius 2 is 1.81 bits per heavy atom. The number of hydrogen-bond acceptors (Lipinski definition) is 4. The summed E-state index contributed by atoms with van der Waals surface area (Å²) in [7, 11) is 3.18. The molecule has 0 bridgehead atoms. The van der Waals surface area contributed by atoms with Gasteiger partial charge in [-0.2, -0.15) is 0 Å². The van der Waals surface area contributed by atoms with Gasteiger partial charge in [-0.15, -0.1) is 0 Å². The minimum atomic E-state index is -0.639. The fourth-order valence-corrected chi connectivity index (χ4v) is 2.85. The predicted octanol–water partition coefficient (Wildman–Crippen LogP) is 4.70.